The molecule has 2 atom stereocenters. The first kappa shape index (κ1) is 31.2. The van der Waals surface area contributed by atoms with E-state index < -0.39 is 28.5 Å². The molecular formula is C31H38ClN3O4S. The van der Waals surface area contributed by atoms with E-state index in [1.807, 2.05) is 58.9 Å². The van der Waals surface area contributed by atoms with Crippen LogP contribution in [-0.4, -0.2) is 43.8 Å². The van der Waals surface area contributed by atoms with Gasteiger partial charge in [0.25, 0.3) is 10.0 Å². The molecule has 214 valence electrons. The fourth-order valence-electron chi connectivity index (χ4n) is 4.22. The number of hydrogen-bond acceptors (Lipinski definition) is 4. The van der Waals surface area contributed by atoms with Crippen molar-refractivity contribution in [2.75, 3.05) is 10.8 Å². The van der Waals surface area contributed by atoms with Crippen LogP contribution in [0, 0.1) is 13.8 Å². The standard InChI is InChI=1S/C31H38ClN3O4S/c1-6-24(5)33-31(37)29(7-2)34(20-25-12-8-22(3)9-13-25)30(36)21-35(27-16-10-23(4)11-17-27)40(38,39)28-18-14-26(32)15-19-28/h8-19,24,29H,6-7,20-21H2,1-5H3,(H,33,37). The SMILES string of the molecule is CCC(C)NC(=O)C(CC)N(Cc1ccc(C)cc1)C(=O)CN(c1ccc(C)cc1)S(=O)(=O)c1ccc(Cl)cc1. The molecule has 0 fully saturated rings. The number of rotatable bonds is 12. The summed E-state index contributed by atoms with van der Waals surface area (Å²) in [6.07, 6.45) is 1.11. The molecule has 0 aliphatic carbocycles. The third-order valence-corrected chi connectivity index (χ3v) is 8.90. The second-order valence-corrected chi connectivity index (χ2v) is 12.3. The molecule has 7 nitrogen and oxygen atoms in total. The quantitative estimate of drug-likeness (QED) is 0.289. The molecule has 3 rings (SSSR count). The van der Waals surface area contributed by atoms with Crippen LogP contribution in [0.2, 0.25) is 5.02 Å². The fourth-order valence-corrected chi connectivity index (χ4v) is 5.76. The number of anilines is 1. The summed E-state index contributed by atoms with van der Waals surface area (Å²) in [4.78, 5) is 28.9. The van der Waals surface area contributed by atoms with Crippen molar-refractivity contribution in [2.24, 2.45) is 0 Å². The molecule has 0 aliphatic heterocycles. The molecule has 0 radical (unpaired) electrons. The van der Waals surface area contributed by atoms with Crippen LogP contribution in [0.25, 0.3) is 0 Å². The summed E-state index contributed by atoms with van der Waals surface area (Å²) in [7, 11) is -4.14. The molecule has 9 heteroatoms. The number of nitrogens with one attached hydrogen (secondary N) is 1. The highest BCUT2D eigenvalue weighted by molar-refractivity contribution is 7.92. The van der Waals surface area contributed by atoms with Gasteiger partial charge in [-0.2, -0.15) is 0 Å². The summed E-state index contributed by atoms with van der Waals surface area (Å²) in [5, 5.41) is 3.39. The van der Waals surface area contributed by atoms with Crippen molar-refractivity contribution < 1.29 is 18.0 Å². The Kier molecular flexibility index (Phi) is 10.8. The number of carbonyl (C=O) groups excluding carboxylic acids is 2. The molecule has 3 aromatic carbocycles. The number of hydrogen-bond donors (Lipinski definition) is 1. The smallest absolute Gasteiger partial charge is 0.264 e. The highest BCUT2D eigenvalue weighted by atomic mass is 35.5. The number of sulfonamides is 1. The second kappa shape index (κ2) is 13.8. The molecule has 0 saturated heterocycles. The van der Waals surface area contributed by atoms with E-state index in [0.29, 0.717) is 17.1 Å². The van der Waals surface area contributed by atoms with E-state index in [1.165, 1.54) is 29.2 Å². The van der Waals surface area contributed by atoms with E-state index in [4.69, 9.17) is 11.6 Å². The summed E-state index contributed by atoms with van der Waals surface area (Å²) in [6, 6.07) is 19.7. The van der Waals surface area contributed by atoms with Crippen molar-refractivity contribution in [3.05, 3.63) is 94.5 Å². The van der Waals surface area contributed by atoms with Gasteiger partial charge < -0.3 is 10.2 Å². The molecule has 1 N–H and O–H groups in total. The number of aryl methyl sites for hydroxylation is 2. The van der Waals surface area contributed by atoms with Crippen LogP contribution in [0.3, 0.4) is 0 Å². The van der Waals surface area contributed by atoms with E-state index in [-0.39, 0.29) is 23.4 Å². The predicted octanol–water partition coefficient (Wildman–Crippen LogP) is 5.87. The third kappa shape index (κ3) is 7.86. The lowest BCUT2D eigenvalue weighted by Crippen LogP contribution is -2.53. The summed E-state index contributed by atoms with van der Waals surface area (Å²) in [6.45, 7) is 9.29. The normalized spacial score (nSPS) is 12.8. The Bertz CT molecular complexity index is 1390. The maximum atomic E-state index is 14.1. The largest absolute Gasteiger partial charge is 0.352 e. The molecule has 0 bridgehead atoms. The molecule has 40 heavy (non-hydrogen) atoms. The van der Waals surface area contributed by atoms with Crippen molar-refractivity contribution in [1.29, 1.82) is 0 Å². The van der Waals surface area contributed by atoms with Gasteiger partial charge in [-0.15, -0.1) is 0 Å². The molecule has 2 amide bonds. The summed E-state index contributed by atoms with van der Waals surface area (Å²) in [5.74, 6) is -0.746. The number of nitrogens with zero attached hydrogens (tertiary/aromatic N) is 2. The highest BCUT2D eigenvalue weighted by Crippen LogP contribution is 2.26. The van der Waals surface area contributed by atoms with Gasteiger partial charge in [-0.05, 0) is 75.6 Å². The maximum Gasteiger partial charge on any atom is 0.264 e. The zero-order valence-corrected chi connectivity index (χ0v) is 25.3. The van der Waals surface area contributed by atoms with E-state index in [0.717, 1.165) is 27.4 Å². The van der Waals surface area contributed by atoms with Gasteiger partial charge in [0.1, 0.15) is 12.6 Å². The van der Waals surface area contributed by atoms with Gasteiger partial charge in [0, 0.05) is 17.6 Å². The van der Waals surface area contributed by atoms with Gasteiger partial charge in [-0.1, -0.05) is 73.0 Å². The zero-order valence-electron chi connectivity index (χ0n) is 23.7. The van der Waals surface area contributed by atoms with Crippen molar-refractivity contribution in [3.63, 3.8) is 0 Å². The molecule has 3 aromatic rings. The third-order valence-electron chi connectivity index (χ3n) is 6.86. The van der Waals surface area contributed by atoms with Gasteiger partial charge in [-0.25, -0.2) is 8.42 Å². The number of halogens is 1. The fraction of sp³-hybridized carbons (Fsp3) is 0.355. The lowest BCUT2D eigenvalue weighted by Gasteiger charge is -2.33. The lowest BCUT2D eigenvalue weighted by atomic mass is 10.1. The van der Waals surface area contributed by atoms with Gasteiger partial charge in [0.15, 0.2) is 0 Å². The lowest BCUT2D eigenvalue weighted by molar-refractivity contribution is -0.140. The number of benzene rings is 3. The Morgan fingerprint density at radius 3 is 1.93 bits per heavy atom. The first-order valence-electron chi connectivity index (χ1n) is 13.5. The van der Waals surface area contributed by atoms with Crippen LogP contribution in [0.15, 0.2) is 77.7 Å². The Hall–Kier alpha value is -3.36. The molecule has 0 saturated carbocycles. The van der Waals surface area contributed by atoms with Crippen molar-refractivity contribution in [1.82, 2.24) is 10.2 Å². The van der Waals surface area contributed by atoms with Gasteiger partial charge in [0.05, 0.1) is 10.6 Å². The minimum absolute atomic E-state index is 0.0110. The predicted molar refractivity (Wildman–Crippen MR) is 161 cm³/mol. The van der Waals surface area contributed by atoms with Crippen molar-refractivity contribution in [2.45, 2.75) is 71.0 Å². The molecular weight excluding hydrogens is 546 g/mol. The average molecular weight is 584 g/mol. The zero-order chi connectivity index (χ0) is 29.4. The van der Waals surface area contributed by atoms with Crippen LogP contribution in [-0.2, 0) is 26.2 Å². The van der Waals surface area contributed by atoms with Gasteiger partial charge in [0.2, 0.25) is 11.8 Å². The first-order valence-corrected chi connectivity index (χ1v) is 15.3. The van der Waals surface area contributed by atoms with E-state index in [9.17, 15) is 18.0 Å². The Balaban J connectivity index is 2.04. The van der Waals surface area contributed by atoms with Crippen LogP contribution in [0.4, 0.5) is 5.69 Å². The average Bonchev–Trinajstić information content (AvgIpc) is 2.93. The number of amides is 2. The van der Waals surface area contributed by atoms with E-state index in [2.05, 4.69) is 5.32 Å². The topological polar surface area (TPSA) is 86.8 Å². The second-order valence-electron chi connectivity index (χ2n) is 10.1. The number of carbonyl (C=O) groups is 2. The minimum atomic E-state index is -4.14. The van der Waals surface area contributed by atoms with Crippen molar-refractivity contribution in [3.8, 4) is 0 Å². The van der Waals surface area contributed by atoms with Crippen LogP contribution in [0.5, 0.6) is 0 Å². The van der Waals surface area contributed by atoms with Crippen LogP contribution < -0.4 is 9.62 Å². The first-order chi connectivity index (χ1) is 19.0. The molecule has 0 aliphatic rings. The summed E-state index contributed by atoms with van der Waals surface area (Å²) in [5.41, 5.74) is 3.22. The van der Waals surface area contributed by atoms with Gasteiger partial charge >= 0.3 is 0 Å². The molecule has 2 unspecified atom stereocenters. The summed E-state index contributed by atoms with van der Waals surface area (Å²) < 4.78 is 28.8. The molecule has 0 heterocycles. The molecule has 0 spiro atoms. The Morgan fingerprint density at radius 2 is 1.40 bits per heavy atom. The van der Waals surface area contributed by atoms with Crippen molar-refractivity contribution >= 4 is 39.1 Å². The monoisotopic (exact) mass is 583 g/mol. The van der Waals surface area contributed by atoms with E-state index >= 15 is 0 Å². The Morgan fingerprint density at radius 1 is 0.850 bits per heavy atom. The minimum Gasteiger partial charge on any atom is -0.352 e. The highest BCUT2D eigenvalue weighted by Gasteiger charge is 2.34. The Labute approximate surface area is 243 Å². The van der Waals surface area contributed by atoms with E-state index in [1.54, 1.807) is 24.3 Å². The van der Waals surface area contributed by atoms with Gasteiger partial charge in [-0.3, -0.25) is 13.9 Å². The maximum absolute atomic E-state index is 14.1. The van der Waals surface area contributed by atoms with Crippen LogP contribution >= 0.6 is 11.6 Å². The van der Waals surface area contributed by atoms with Crippen LogP contribution in [0.1, 0.15) is 50.3 Å². The molecule has 0 aromatic heterocycles. The summed E-state index contributed by atoms with van der Waals surface area (Å²) >= 11 is 6.01.